The number of amides is 1. The number of nitrogens with zero attached hydrogens (tertiary/aromatic N) is 1. The molecule has 1 aliphatic carbocycles. The normalized spacial score (nSPS) is 18.4. The molecule has 0 bridgehead atoms. The molecule has 1 atom stereocenters. The first-order valence-electron chi connectivity index (χ1n) is 7.67. The first kappa shape index (κ1) is 16.8. The van der Waals surface area contributed by atoms with Crippen molar-refractivity contribution in [2.45, 2.75) is 52.9 Å². The third kappa shape index (κ3) is 4.71. The predicted octanol–water partition coefficient (Wildman–Crippen LogP) is 4.38. The smallest absolute Gasteiger partial charge is 0.226 e. The van der Waals surface area contributed by atoms with Crippen molar-refractivity contribution >= 4 is 34.1 Å². The van der Waals surface area contributed by atoms with Crippen LogP contribution < -0.4 is 5.32 Å². The number of carbonyl (C=O) groups excluding carboxylic acids is 1. The summed E-state index contributed by atoms with van der Waals surface area (Å²) in [5.74, 6) is 1.85. The van der Waals surface area contributed by atoms with Crippen LogP contribution >= 0.6 is 23.1 Å². The Morgan fingerprint density at radius 2 is 2.24 bits per heavy atom. The minimum absolute atomic E-state index is 0.0996. The zero-order valence-corrected chi connectivity index (χ0v) is 15.1. The third-order valence-electron chi connectivity index (χ3n) is 4.16. The molecule has 0 saturated heterocycles. The minimum Gasteiger partial charge on any atom is -0.302 e. The van der Waals surface area contributed by atoms with Crippen molar-refractivity contribution in [3.05, 3.63) is 10.6 Å². The molecule has 118 valence electrons. The van der Waals surface area contributed by atoms with Crippen molar-refractivity contribution in [2.75, 3.05) is 17.3 Å². The van der Waals surface area contributed by atoms with Crippen molar-refractivity contribution in [3.8, 4) is 0 Å². The van der Waals surface area contributed by atoms with Crippen LogP contribution in [-0.4, -0.2) is 22.9 Å². The fraction of sp³-hybridized carbons (Fsp3) is 0.750. The highest BCUT2D eigenvalue weighted by molar-refractivity contribution is 7.98. The first-order chi connectivity index (χ1) is 9.90. The number of aryl methyl sites for hydroxylation is 1. The molecule has 1 aromatic rings. The molecule has 0 spiro atoms. The van der Waals surface area contributed by atoms with Gasteiger partial charge in [0.2, 0.25) is 5.91 Å². The van der Waals surface area contributed by atoms with Crippen molar-refractivity contribution in [3.63, 3.8) is 0 Å². The average Bonchev–Trinajstić information content (AvgIpc) is 2.78. The second kappa shape index (κ2) is 7.14. The summed E-state index contributed by atoms with van der Waals surface area (Å²) < 4.78 is 0. The van der Waals surface area contributed by atoms with Crippen LogP contribution in [0.1, 0.15) is 50.6 Å². The van der Waals surface area contributed by atoms with Crippen LogP contribution in [0.4, 0.5) is 5.13 Å². The van der Waals surface area contributed by atoms with Crippen molar-refractivity contribution in [2.24, 2.45) is 11.3 Å². The zero-order chi connectivity index (χ0) is 15.5. The fourth-order valence-corrected chi connectivity index (χ4v) is 4.26. The van der Waals surface area contributed by atoms with Crippen LogP contribution in [0.15, 0.2) is 0 Å². The minimum atomic E-state index is 0.0996. The number of nitrogens with one attached hydrogen (secondary N) is 1. The Hall–Kier alpha value is -0.550. The van der Waals surface area contributed by atoms with Crippen molar-refractivity contribution in [1.29, 1.82) is 0 Å². The summed E-state index contributed by atoms with van der Waals surface area (Å²) in [7, 11) is 0. The predicted molar refractivity (Wildman–Crippen MR) is 93.3 cm³/mol. The number of thiazole rings is 1. The van der Waals surface area contributed by atoms with Gasteiger partial charge < -0.3 is 5.32 Å². The van der Waals surface area contributed by atoms with E-state index >= 15 is 0 Å². The van der Waals surface area contributed by atoms with E-state index in [4.69, 9.17) is 0 Å². The molecule has 0 fully saturated rings. The van der Waals surface area contributed by atoms with Gasteiger partial charge in [-0.1, -0.05) is 20.8 Å². The van der Waals surface area contributed by atoms with Gasteiger partial charge in [0, 0.05) is 11.3 Å². The number of fused-ring (bicyclic) bond motifs is 1. The molecule has 1 aliphatic rings. The Morgan fingerprint density at radius 1 is 1.48 bits per heavy atom. The Bertz CT molecular complexity index is 491. The van der Waals surface area contributed by atoms with Gasteiger partial charge in [-0.2, -0.15) is 11.8 Å². The van der Waals surface area contributed by atoms with E-state index in [-0.39, 0.29) is 5.91 Å². The average molecular weight is 327 g/mol. The van der Waals surface area contributed by atoms with Crippen LogP contribution in [0, 0.1) is 11.3 Å². The maximum atomic E-state index is 11.9. The number of anilines is 1. The quantitative estimate of drug-likeness (QED) is 0.817. The number of carbonyl (C=O) groups is 1. The topological polar surface area (TPSA) is 42.0 Å². The molecule has 0 radical (unpaired) electrons. The Kier molecular flexibility index (Phi) is 5.72. The van der Waals surface area contributed by atoms with Crippen molar-refractivity contribution < 1.29 is 4.79 Å². The number of rotatable bonds is 5. The maximum absolute atomic E-state index is 11.9. The highest BCUT2D eigenvalue weighted by Crippen LogP contribution is 2.40. The van der Waals surface area contributed by atoms with Crippen LogP contribution in [0.5, 0.6) is 0 Å². The van der Waals surface area contributed by atoms with Crippen LogP contribution in [0.2, 0.25) is 0 Å². The van der Waals surface area contributed by atoms with E-state index in [0.29, 0.717) is 11.8 Å². The maximum Gasteiger partial charge on any atom is 0.226 e. The molecule has 0 aliphatic heterocycles. The zero-order valence-electron chi connectivity index (χ0n) is 13.5. The third-order valence-corrected chi connectivity index (χ3v) is 5.90. The molecule has 0 saturated carbocycles. The largest absolute Gasteiger partial charge is 0.302 e. The summed E-state index contributed by atoms with van der Waals surface area (Å²) in [6, 6.07) is 0. The molecule has 0 aromatic carbocycles. The lowest BCUT2D eigenvalue weighted by molar-refractivity contribution is -0.116. The van der Waals surface area contributed by atoms with Gasteiger partial charge in [-0.05, 0) is 49.0 Å². The molecule has 1 heterocycles. The number of aromatic nitrogens is 1. The lowest BCUT2D eigenvalue weighted by atomic mass is 9.73. The Labute approximate surface area is 136 Å². The standard InChI is InChI=1S/C16H26N2OS2/c1-16(2,3)11-7-8-12-13(10-11)21-15(17-12)18-14(19)6-5-9-20-4/h11H,5-10H2,1-4H3,(H,17,18,19). The van der Waals surface area contributed by atoms with Crippen molar-refractivity contribution in [1.82, 2.24) is 4.98 Å². The highest BCUT2D eigenvalue weighted by Gasteiger charge is 2.30. The summed E-state index contributed by atoms with van der Waals surface area (Å²) in [5.41, 5.74) is 1.56. The van der Waals surface area contributed by atoms with Gasteiger partial charge in [-0.15, -0.1) is 11.3 Å². The number of thioether (sulfide) groups is 1. The van der Waals surface area contributed by atoms with Gasteiger partial charge in [-0.25, -0.2) is 4.98 Å². The first-order valence-corrected chi connectivity index (χ1v) is 9.88. The van der Waals surface area contributed by atoms with Gasteiger partial charge in [0.25, 0.3) is 0 Å². The van der Waals surface area contributed by atoms with E-state index in [1.807, 2.05) is 0 Å². The molecule has 1 unspecified atom stereocenters. The molecular formula is C16H26N2OS2. The van der Waals surface area contributed by atoms with E-state index in [1.54, 1.807) is 23.1 Å². The summed E-state index contributed by atoms with van der Waals surface area (Å²) in [4.78, 5) is 17.9. The Balaban J connectivity index is 1.94. The van der Waals surface area contributed by atoms with E-state index in [9.17, 15) is 4.79 Å². The van der Waals surface area contributed by atoms with Gasteiger partial charge in [0.15, 0.2) is 5.13 Å². The van der Waals surface area contributed by atoms with E-state index in [1.165, 1.54) is 17.0 Å². The molecule has 1 aromatic heterocycles. The number of hydrogen-bond acceptors (Lipinski definition) is 4. The van der Waals surface area contributed by atoms with E-state index < -0.39 is 0 Å². The lowest BCUT2D eigenvalue weighted by Crippen LogP contribution is -2.26. The summed E-state index contributed by atoms with van der Waals surface area (Å²) in [6.45, 7) is 6.95. The van der Waals surface area contributed by atoms with Crippen LogP contribution in [0.3, 0.4) is 0 Å². The van der Waals surface area contributed by atoms with Gasteiger partial charge in [0.05, 0.1) is 5.69 Å². The second-order valence-electron chi connectivity index (χ2n) is 6.84. The lowest BCUT2D eigenvalue weighted by Gasteiger charge is -2.33. The summed E-state index contributed by atoms with van der Waals surface area (Å²) in [6.07, 6.45) is 6.97. The molecule has 2 rings (SSSR count). The second-order valence-corrected chi connectivity index (χ2v) is 8.91. The summed E-state index contributed by atoms with van der Waals surface area (Å²) in [5, 5.41) is 3.77. The van der Waals surface area contributed by atoms with Gasteiger partial charge >= 0.3 is 0 Å². The number of hydrogen-bond donors (Lipinski definition) is 1. The SMILES string of the molecule is CSCCCC(=O)Nc1nc2c(s1)CC(C(C)(C)C)CC2. The fourth-order valence-electron chi connectivity index (χ4n) is 2.73. The molecule has 1 N–H and O–H groups in total. The summed E-state index contributed by atoms with van der Waals surface area (Å²) >= 11 is 3.46. The molecule has 21 heavy (non-hydrogen) atoms. The van der Waals surface area contributed by atoms with Crippen LogP contribution in [0.25, 0.3) is 0 Å². The molecule has 1 amide bonds. The molecule has 5 heteroatoms. The van der Waals surface area contributed by atoms with Crippen LogP contribution in [-0.2, 0) is 17.6 Å². The molecular weight excluding hydrogens is 300 g/mol. The molecule has 3 nitrogen and oxygen atoms in total. The van der Waals surface area contributed by atoms with E-state index in [2.05, 4.69) is 37.3 Å². The monoisotopic (exact) mass is 326 g/mol. The highest BCUT2D eigenvalue weighted by atomic mass is 32.2. The van der Waals surface area contributed by atoms with Gasteiger partial charge in [0.1, 0.15) is 0 Å². The van der Waals surface area contributed by atoms with Gasteiger partial charge in [-0.3, -0.25) is 4.79 Å². The van der Waals surface area contributed by atoms with E-state index in [0.717, 1.165) is 36.1 Å². The Morgan fingerprint density at radius 3 is 2.90 bits per heavy atom.